The summed E-state index contributed by atoms with van der Waals surface area (Å²) in [7, 11) is 3.47. The molecule has 1 saturated heterocycles. The smallest absolute Gasteiger partial charge is 0.243 e. The molecule has 0 aromatic carbocycles. The molecule has 23 heavy (non-hydrogen) atoms. The molecule has 0 saturated carbocycles. The summed E-state index contributed by atoms with van der Waals surface area (Å²) >= 11 is 0. The van der Waals surface area contributed by atoms with Gasteiger partial charge in [0.25, 0.3) is 0 Å². The van der Waals surface area contributed by atoms with Crippen LogP contribution >= 0.6 is 0 Å². The highest BCUT2D eigenvalue weighted by atomic mass is 16.5. The van der Waals surface area contributed by atoms with Crippen molar-refractivity contribution in [2.24, 2.45) is 10.9 Å². The average Bonchev–Trinajstić information content (AvgIpc) is 3.01. The van der Waals surface area contributed by atoms with Gasteiger partial charge in [0.1, 0.15) is 6.54 Å². The molecule has 1 atom stereocenters. The van der Waals surface area contributed by atoms with Crippen molar-refractivity contribution < 1.29 is 14.3 Å². The number of hydrogen-bond acceptors (Lipinski definition) is 4. The molecule has 1 rings (SSSR count). The number of rotatable bonds is 9. The Hall–Kier alpha value is -1.34. The number of aliphatic imine (C=N–C) groups is 1. The van der Waals surface area contributed by atoms with Gasteiger partial charge in [-0.1, -0.05) is 13.8 Å². The van der Waals surface area contributed by atoms with E-state index in [1.165, 1.54) is 0 Å². The van der Waals surface area contributed by atoms with E-state index in [2.05, 4.69) is 29.5 Å². The summed E-state index contributed by atoms with van der Waals surface area (Å²) in [5, 5.41) is 6.50. The summed E-state index contributed by atoms with van der Waals surface area (Å²) in [6.07, 6.45) is 2.13. The van der Waals surface area contributed by atoms with Crippen LogP contribution in [-0.4, -0.2) is 76.4 Å². The normalized spacial score (nSPS) is 18.3. The number of ether oxygens (including phenoxy) is 2. The Labute approximate surface area is 139 Å². The van der Waals surface area contributed by atoms with Crippen LogP contribution in [0, 0.1) is 5.92 Å². The number of likely N-dealkylation sites (N-methyl/N-ethyl adjacent to an activating group) is 1. The van der Waals surface area contributed by atoms with Crippen molar-refractivity contribution >= 4 is 11.9 Å². The van der Waals surface area contributed by atoms with Crippen molar-refractivity contribution in [2.75, 3.05) is 53.6 Å². The van der Waals surface area contributed by atoms with Gasteiger partial charge >= 0.3 is 0 Å². The lowest BCUT2D eigenvalue weighted by Crippen LogP contribution is -2.40. The van der Waals surface area contributed by atoms with E-state index < -0.39 is 0 Å². The zero-order valence-electron chi connectivity index (χ0n) is 14.9. The summed E-state index contributed by atoms with van der Waals surface area (Å²) < 4.78 is 11.0. The fourth-order valence-electron chi connectivity index (χ4n) is 1.94. The van der Waals surface area contributed by atoms with Crippen molar-refractivity contribution in [3.8, 4) is 0 Å². The number of hydrogen-bond donors (Lipinski definition) is 2. The first-order valence-electron chi connectivity index (χ1n) is 8.40. The van der Waals surface area contributed by atoms with Crippen molar-refractivity contribution in [3.05, 3.63) is 0 Å². The fourth-order valence-corrected chi connectivity index (χ4v) is 1.94. The molecule has 7 heteroatoms. The van der Waals surface area contributed by atoms with Gasteiger partial charge in [0.05, 0.1) is 12.7 Å². The number of carbonyl (C=O) groups is 1. The van der Waals surface area contributed by atoms with Crippen LogP contribution in [0.25, 0.3) is 0 Å². The average molecular weight is 328 g/mol. The molecule has 2 N–H and O–H groups in total. The van der Waals surface area contributed by atoms with Gasteiger partial charge in [0.2, 0.25) is 5.91 Å². The van der Waals surface area contributed by atoms with Crippen molar-refractivity contribution in [1.29, 1.82) is 0 Å². The van der Waals surface area contributed by atoms with Crippen LogP contribution in [0.15, 0.2) is 4.99 Å². The minimum atomic E-state index is -0.0137. The van der Waals surface area contributed by atoms with Gasteiger partial charge in [-0.2, -0.15) is 0 Å². The van der Waals surface area contributed by atoms with Crippen LogP contribution in [0.1, 0.15) is 26.7 Å². The minimum absolute atomic E-state index is 0.0137. The van der Waals surface area contributed by atoms with Crippen LogP contribution in [0.3, 0.4) is 0 Å². The SMILES string of the molecule is CC(C)CNC(=NCC(=O)N(C)C)NCCCOC1CCOC1. The molecule has 1 heterocycles. The molecular formula is C16H32N4O3. The molecule has 0 bridgehead atoms. The second-order valence-corrected chi connectivity index (χ2v) is 6.36. The van der Waals surface area contributed by atoms with E-state index in [4.69, 9.17) is 9.47 Å². The van der Waals surface area contributed by atoms with Crippen LogP contribution in [0.2, 0.25) is 0 Å². The molecule has 0 radical (unpaired) electrons. The van der Waals surface area contributed by atoms with Crippen molar-refractivity contribution in [2.45, 2.75) is 32.8 Å². The highest BCUT2D eigenvalue weighted by molar-refractivity contribution is 5.84. The second-order valence-electron chi connectivity index (χ2n) is 6.36. The van der Waals surface area contributed by atoms with Gasteiger partial charge < -0.3 is 25.0 Å². The molecular weight excluding hydrogens is 296 g/mol. The lowest BCUT2D eigenvalue weighted by atomic mass is 10.2. The summed E-state index contributed by atoms with van der Waals surface area (Å²) in [4.78, 5) is 17.5. The summed E-state index contributed by atoms with van der Waals surface area (Å²) in [5.41, 5.74) is 0. The third kappa shape index (κ3) is 9.40. The maximum atomic E-state index is 11.6. The first-order valence-corrected chi connectivity index (χ1v) is 8.40. The lowest BCUT2D eigenvalue weighted by molar-refractivity contribution is -0.127. The number of amides is 1. The van der Waals surface area contributed by atoms with Crippen molar-refractivity contribution in [3.63, 3.8) is 0 Å². The monoisotopic (exact) mass is 328 g/mol. The number of carbonyl (C=O) groups excluding carboxylic acids is 1. The van der Waals surface area contributed by atoms with E-state index in [9.17, 15) is 4.79 Å². The van der Waals surface area contributed by atoms with Crippen molar-refractivity contribution in [1.82, 2.24) is 15.5 Å². The van der Waals surface area contributed by atoms with Gasteiger partial charge in [0.15, 0.2) is 5.96 Å². The summed E-state index contributed by atoms with van der Waals surface area (Å²) in [5.74, 6) is 1.18. The highest BCUT2D eigenvalue weighted by Crippen LogP contribution is 2.07. The van der Waals surface area contributed by atoms with Crippen LogP contribution in [0.4, 0.5) is 0 Å². The first kappa shape index (κ1) is 19.7. The molecule has 0 spiro atoms. The number of nitrogens with one attached hydrogen (secondary N) is 2. The lowest BCUT2D eigenvalue weighted by Gasteiger charge is -2.15. The van der Waals surface area contributed by atoms with Crippen LogP contribution < -0.4 is 10.6 Å². The van der Waals surface area contributed by atoms with Gasteiger partial charge in [-0.25, -0.2) is 4.99 Å². The van der Waals surface area contributed by atoms with Gasteiger partial charge in [-0.05, 0) is 18.8 Å². The van der Waals surface area contributed by atoms with E-state index in [0.717, 1.165) is 32.5 Å². The minimum Gasteiger partial charge on any atom is -0.379 e. The molecule has 0 aromatic rings. The maximum Gasteiger partial charge on any atom is 0.243 e. The second kappa shape index (κ2) is 11.2. The molecule has 7 nitrogen and oxygen atoms in total. The Bertz CT molecular complexity index is 366. The molecule has 1 amide bonds. The number of nitrogens with zero attached hydrogens (tertiary/aromatic N) is 2. The highest BCUT2D eigenvalue weighted by Gasteiger charge is 2.15. The summed E-state index contributed by atoms with van der Waals surface area (Å²) in [6, 6.07) is 0. The molecule has 1 aliphatic heterocycles. The zero-order chi connectivity index (χ0) is 17.1. The van der Waals surface area contributed by atoms with E-state index in [0.29, 0.717) is 25.1 Å². The standard InChI is InChI=1S/C16H32N4O3/c1-13(2)10-18-16(19-11-15(21)20(3)4)17-7-5-8-23-14-6-9-22-12-14/h13-14H,5-12H2,1-4H3,(H2,17,18,19). The van der Waals surface area contributed by atoms with E-state index in [1.807, 2.05) is 0 Å². The molecule has 0 aromatic heterocycles. The fraction of sp³-hybridized carbons (Fsp3) is 0.875. The Morgan fingerprint density at radius 2 is 2.17 bits per heavy atom. The van der Waals surface area contributed by atoms with Gasteiger partial charge in [-0.15, -0.1) is 0 Å². The molecule has 134 valence electrons. The molecule has 0 aliphatic carbocycles. The topological polar surface area (TPSA) is 75.2 Å². The predicted molar refractivity (Wildman–Crippen MR) is 91.6 cm³/mol. The Balaban J connectivity index is 2.27. The van der Waals surface area contributed by atoms with Gasteiger partial charge in [-0.3, -0.25) is 4.79 Å². The van der Waals surface area contributed by atoms with Gasteiger partial charge in [0, 0.05) is 40.4 Å². The largest absolute Gasteiger partial charge is 0.379 e. The summed E-state index contributed by atoms with van der Waals surface area (Å²) in [6.45, 7) is 8.21. The Morgan fingerprint density at radius 1 is 1.39 bits per heavy atom. The Kier molecular flexibility index (Phi) is 9.63. The third-order valence-electron chi connectivity index (χ3n) is 3.40. The van der Waals surface area contributed by atoms with E-state index >= 15 is 0 Å². The first-order chi connectivity index (χ1) is 11.0. The van der Waals surface area contributed by atoms with Crippen LogP contribution in [-0.2, 0) is 14.3 Å². The maximum absolute atomic E-state index is 11.6. The third-order valence-corrected chi connectivity index (χ3v) is 3.40. The van der Waals surface area contributed by atoms with E-state index in [1.54, 1.807) is 19.0 Å². The van der Waals surface area contributed by atoms with Crippen LogP contribution in [0.5, 0.6) is 0 Å². The molecule has 1 aliphatic rings. The zero-order valence-corrected chi connectivity index (χ0v) is 14.9. The molecule has 1 unspecified atom stereocenters. The predicted octanol–water partition coefficient (Wildman–Crippen LogP) is 0.461. The van der Waals surface area contributed by atoms with E-state index in [-0.39, 0.29) is 18.6 Å². The quantitative estimate of drug-likeness (QED) is 0.365. The number of guanidine groups is 1. The molecule has 1 fully saturated rings. The Morgan fingerprint density at radius 3 is 2.78 bits per heavy atom.